The molecule has 0 amide bonds. The fourth-order valence-electron chi connectivity index (χ4n) is 1.88. The zero-order valence-electron chi connectivity index (χ0n) is 9.96. The van der Waals surface area contributed by atoms with Crippen LogP contribution in [0, 0.1) is 9.39 Å². The van der Waals surface area contributed by atoms with Crippen LogP contribution in [-0.4, -0.2) is 5.11 Å². The fourth-order valence-corrected chi connectivity index (χ4v) is 2.66. The summed E-state index contributed by atoms with van der Waals surface area (Å²) in [6.45, 7) is 0. The van der Waals surface area contributed by atoms with Gasteiger partial charge in [0.1, 0.15) is 11.9 Å². The summed E-state index contributed by atoms with van der Waals surface area (Å²) in [4.78, 5) is 0. The Balaban J connectivity index is 2.51. The second-order valence-corrected chi connectivity index (χ2v) is 5.32. The molecule has 0 aromatic heterocycles. The highest BCUT2D eigenvalue weighted by Crippen LogP contribution is 2.37. The molecule has 1 nitrogen and oxygen atoms in total. The first-order valence-corrected chi connectivity index (χ1v) is 6.67. The van der Waals surface area contributed by atoms with Crippen LogP contribution in [0.25, 0.3) is 0 Å². The van der Waals surface area contributed by atoms with E-state index in [0.717, 1.165) is 18.2 Å². The highest BCUT2D eigenvalue weighted by Gasteiger charge is 2.35. The minimum Gasteiger partial charge on any atom is -0.384 e. The van der Waals surface area contributed by atoms with Crippen LogP contribution in [0.3, 0.4) is 0 Å². The Hall–Kier alpha value is -1.15. The zero-order valence-corrected chi connectivity index (χ0v) is 12.1. The second kappa shape index (κ2) is 5.69. The van der Waals surface area contributed by atoms with E-state index in [4.69, 9.17) is 0 Å². The second-order valence-electron chi connectivity index (χ2n) is 4.15. The van der Waals surface area contributed by atoms with Gasteiger partial charge in [-0.3, -0.25) is 0 Å². The largest absolute Gasteiger partial charge is 0.416 e. The molecule has 106 valence electrons. The lowest BCUT2D eigenvalue weighted by molar-refractivity contribution is -0.139. The highest BCUT2D eigenvalue weighted by atomic mass is 127. The van der Waals surface area contributed by atoms with E-state index in [-0.39, 0.29) is 11.1 Å². The average molecular weight is 396 g/mol. The molecule has 1 unspecified atom stereocenters. The van der Waals surface area contributed by atoms with Gasteiger partial charge in [0.15, 0.2) is 0 Å². The molecule has 0 aliphatic carbocycles. The van der Waals surface area contributed by atoms with Gasteiger partial charge in [0.05, 0.1) is 5.56 Å². The monoisotopic (exact) mass is 396 g/mol. The first-order valence-electron chi connectivity index (χ1n) is 5.60. The van der Waals surface area contributed by atoms with E-state index >= 15 is 0 Å². The Labute approximate surface area is 126 Å². The Morgan fingerprint density at radius 3 is 2.25 bits per heavy atom. The van der Waals surface area contributed by atoms with Crippen LogP contribution in [0.2, 0.25) is 0 Å². The van der Waals surface area contributed by atoms with Gasteiger partial charge in [0.25, 0.3) is 0 Å². The van der Waals surface area contributed by atoms with Crippen molar-refractivity contribution in [3.63, 3.8) is 0 Å². The van der Waals surface area contributed by atoms with Crippen molar-refractivity contribution in [1.82, 2.24) is 0 Å². The molecule has 1 N–H and O–H groups in total. The Morgan fingerprint density at radius 1 is 1.00 bits per heavy atom. The lowest BCUT2D eigenvalue weighted by Crippen LogP contribution is -2.13. The van der Waals surface area contributed by atoms with Gasteiger partial charge in [-0.25, -0.2) is 4.39 Å². The van der Waals surface area contributed by atoms with E-state index in [9.17, 15) is 22.7 Å². The van der Waals surface area contributed by atoms with Gasteiger partial charge in [-0.15, -0.1) is 0 Å². The van der Waals surface area contributed by atoms with Crippen molar-refractivity contribution >= 4 is 22.6 Å². The molecule has 0 spiro atoms. The average Bonchev–Trinajstić information content (AvgIpc) is 2.37. The summed E-state index contributed by atoms with van der Waals surface area (Å²) in [7, 11) is 0. The summed E-state index contributed by atoms with van der Waals surface area (Å²) in [5.41, 5.74) is -0.902. The van der Waals surface area contributed by atoms with Gasteiger partial charge >= 0.3 is 6.18 Å². The molecule has 2 rings (SSSR count). The van der Waals surface area contributed by atoms with Gasteiger partial charge in [-0.1, -0.05) is 24.3 Å². The van der Waals surface area contributed by atoms with E-state index in [0.29, 0.717) is 3.57 Å². The topological polar surface area (TPSA) is 20.2 Å². The van der Waals surface area contributed by atoms with Crippen molar-refractivity contribution in [2.45, 2.75) is 12.3 Å². The molecule has 2 aromatic carbocycles. The van der Waals surface area contributed by atoms with Gasteiger partial charge in [-0.2, -0.15) is 13.2 Å². The number of rotatable bonds is 2. The van der Waals surface area contributed by atoms with Crippen LogP contribution in [0.5, 0.6) is 0 Å². The number of aliphatic hydroxyl groups excluding tert-OH is 1. The summed E-state index contributed by atoms with van der Waals surface area (Å²) in [5.74, 6) is -0.505. The number of hydrogen-bond donors (Lipinski definition) is 1. The number of halogens is 5. The standard InChI is InChI=1S/C14H9F4IO/c15-8-5-6-10(12(19)7-8)13(20)9-3-1-2-4-11(9)14(16,17)18/h1-7,13,20H. The van der Waals surface area contributed by atoms with Crippen molar-refractivity contribution < 1.29 is 22.7 Å². The van der Waals surface area contributed by atoms with E-state index in [1.54, 1.807) is 22.6 Å². The van der Waals surface area contributed by atoms with Gasteiger partial charge < -0.3 is 5.11 Å². The van der Waals surface area contributed by atoms with Crippen LogP contribution >= 0.6 is 22.6 Å². The summed E-state index contributed by atoms with van der Waals surface area (Å²) in [5, 5.41) is 10.2. The first-order chi connectivity index (χ1) is 9.30. The minimum atomic E-state index is -4.55. The quantitative estimate of drug-likeness (QED) is 0.585. The minimum absolute atomic E-state index is 0.240. The number of alkyl halides is 3. The predicted molar refractivity (Wildman–Crippen MR) is 74.6 cm³/mol. The zero-order chi connectivity index (χ0) is 14.9. The molecular formula is C14H9F4IO. The third-order valence-electron chi connectivity index (χ3n) is 2.82. The SMILES string of the molecule is OC(c1ccc(F)cc1I)c1ccccc1C(F)(F)F. The first kappa shape index (κ1) is 15.2. The number of aliphatic hydroxyl groups is 1. The van der Waals surface area contributed by atoms with Crippen LogP contribution in [0.4, 0.5) is 17.6 Å². The molecule has 0 aliphatic heterocycles. The molecule has 0 fully saturated rings. The van der Waals surface area contributed by atoms with Gasteiger partial charge in [0.2, 0.25) is 0 Å². The van der Waals surface area contributed by atoms with Crippen LogP contribution < -0.4 is 0 Å². The van der Waals surface area contributed by atoms with E-state index in [1.165, 1.54) is 24.3 Å². The Kier molecular flexibility index (Phi) is 4.33. The molecule has 0 aliphatic rings. The predicted octanol–water partition coefficient (Wildman–Crippen LogP) is 4.53. The third kappa shape index (κ3) is 3.12. The normalized spacial score (nSPS) is 13.3. The third-order valence-corrected chi connectivity index (χ3v) is 3.75. The van der Waals surface area contributed by atoms with E-state index in [1.807, 2.05) is 0 Å². The Morgan fingerprint density at radius 2 is 1.65 bits per heavy atom. The summed E-state index contributed by atoms with van der Waals surface area (Å²) >= 11 is 1.78. The van der Waals surface area contributed by atoms with Crippen LogP contribution in [0.1, 0.15) is 22.8 Å². The molecular weight excluding hydrogens is 387 g/mol. The molecule has 0 saturated carbocycles. The molecule has 1 atom stereocenters. The van der Waals surface area contributed by atoms with Crippen molar-refractivity contribution in [1.29, 1.82) is 0 Å². The molecule has 0 bridgehead atoms. The maximum atomic E-state index is 13.0. The lowest BCUT2D eigenvalue weighted by atomic mass is 9.96. The molecule has 2 aromatic rings. The Bertz CT molecular complexity index is 625. The van der Waals surface area contributed by atoms with Gasteiger partial charge in [0, 0.05) is 3.57 Å². The molecule has 20 heavy (non-hydrogen) atoms. The van der Waals surface area contributed by atoms with Crippen molar-refractivity contribution in [2.24, 2.45) is 0 Å². The maximum absolute atomic E-state index is 13.0. The highest BCUT2D eigenvalue weighted by molar-refractivity contribution is 14.1. The van der Waals surface area contributed by atoms with Crippen LogP contribution in [-0.2, 0) is 6.18 Å². The van der Waals surface area contributed by atoms with Crippen molar-refractivity contribution in [3.05, 3.63) is 68.5 Å². The number of hydrogen-bond acceptors (Lipinski definition) is 1. The van der Waals surface area contributed by atoms with E-state index < -0.39 is 23.7 Å². The number of benzene rings is 2. The molecule has 6 heteroatoms. The lowest BCUT2D eigenvalue weighted by Gasteiger charge is -2.18. The van der Waals surface area contributed by atoms with Crippen molar-refractivity contribution in [3.8, 4) is 0 Å². The summed E-state index contributed by atoms with van der Waals surface area (Å²) in [6, 6.07) is 8.36. The van der Waals surface area contributed by atoms with Crippen molar-refractivity contribution in [2.75, 3.05) is 0 Å². The summed E-state index contributed by atoms with van der Waals surface area (Å²) in [6.07, 6.45) is -6.01. The molecule has 0 saturated heterocycles. The maximum Gasteiger partial charge on any atom is 0.416 e. The summed E-state index contributed by atoms with van der Waals surface area (Å²) < 4.78 is 52.1. The van der Waals surface area contributed by atoms with Crippen LogP contribution in [0.15, 0.2) is 42.5 Å². The fraction of sp³-hybridized carbons (Fsp3) is 0.143. The molecule has 0 heterocycles. The smallest absolute Gasteiger partial charge is 0.384 e. The van der Waals surface area contributed by atoms with E-state index in [2.05, 4.69) is 0 Å². The molecule has 0 radical (unpaired) electrons. The van der Waals surface area contributed by atoms with Gasteiger partial charge in [-0.05, 0) is 51.9 Å².